The number of aromatic amines is 1. The first-order valence-corrected chi connectivity index (χ1v) is 7.55. The van der Waals surface area contributed by atoms with Gasteiger partial charge in [0, 0.05) is 16.5 Å². The van der Waals surface area contributed by atoms with Gasteiger partial charge in [-0.15, -0.1) is 0 Å². The van der Waals surface area contributed by atoms with Gasteiger partial charge < -0.3 is 9.71 Å². The van der Waals surface area contributed by atoms with Crippen LogP contribution < -0.4 is 4.72 Å². The zero-order valence-corrected chi connectivity index (χ0v) is 12.8. The van der Waals surface area contributed by atoms with Crippen LogP contribution in [-0.2, 0) is 0 Å². The van der Waals surface area contributed by atoms with Gasteiger partial charge in [0.25, 0.3) is 0 Å². The maximum atomic E-state index is 9.12. The number of nitrogens with one attached hydrogen (secondary N) is 2. The molecular formula is C16H9ClN4S. The molecule has 3 rings (SSSR count). The van der Waals surface area contributed by atoms with Crippen LogP contribution in [-0.4, -0.2) is 4.98 Å². The van der Waals surface area contributed by atoms with Crippen LogP contribution in [0.1, 0.15) is 11.1 Å². The molecule has 6 heteroatoms. The van der Waals surface area contributed by atoms with Crippen molar-refractivity contribution >= 4 is 40.1 Å². The Morgan fingerprint density at radius 1 is 1.14 bits per heavy atom. The molecule has 106 valence electrons. The first-order valence-electron chi connectivity index (χ1n) is 6.35. The highest BCUT2D eigenvalue weighted by atomic mass is 35.5. The summed E-state index contributed by atoms with van der Waals surface area (Å²) in [5.74, 6) is 0. The molecule has 4 nitrogen and oxygen atoms in total. The Hall–Kier alpha value is -2.60. The second-order valence-electron chi connectivity index (χ2n) is 4.50. The Bertz CT molecular complexity index is 933. The molecule has 3 aromatic rings. The van der Waals surface area contributed by atoms with Crippen molar-refractivity contribution in [3.05, 3.63) is 58.7 Å². The number of H-pyrrole nitrogens is 1. The minimum atomic E-state index is 0.514. The highest BCUT2D eigenvalue weighted by Crippen LogP contribution is 2.34. The molecule has 0 saturated carbocycles. The number of halogens is 1. The van der Waals surface area contributed by atoms with Crippen molar-refractivity contribution in [3.8, 4) is 12.1 Å². The second kappa shape index (κ2) is 6.03. The van der Waals surface area contributed by atoms with Gasteiger partial charge in [-0.25, -0.2) is 0 Å². The summed E-state index contributed by atoms with van der Waals surface area (Å²) in [4.78, 5) is 4.00. The van der Waals surface area contributed by atoms with Crippen LogP contribution >= 0.6 is 23.5 Å². The van der Waals surface area contributed by atoms with Gasteiger partial charge in [-0.2, -0.15) is 10.5 Å². The van der Waals surface area contributed by atoms with Crippen molar-refractivity contribution in [1.29, 1.82) is 10.5 Å². The molecule has 0 atom stereocenters. The average molecular weight is 325 g/mol. The molecule has 0 radical (unpaired) electrons. The smallest absolute Gasteiger partial charge is 0.101 e. The van der Waals surface area contributed by atoms with Crippen molar-refractivity contribution < 1.29 is 0 Å². The fraction of sp³-hybridized carbons (Fsp3) is 0. The monoisotopic (exact) mass is 324 g/mol. The maximum Gasteiger partial charge on any atom is 0.101 e. The Morgan fingerprint density at radius 2 is 2.00 bits per heavy atom. The van der Waals surface area contributed by atoms with E-state index in [-0.39, 0.29) is 0 Å². The molecule has 0 aliphatic heterocycles. The number of nitriles is 2. The van der Waals surface area contributed by atoms with Crippen LogP contribution in [0.15, 0.2) is 47.5 Å². The first-order chi connectivity index (χ1) is 10.7. The van der Waals surface area contributed by atoms with Crippen molar-refractivity contribution in [3.63, 3.8) is 0 Å². The molecule has 0 bridgehead atoms. The predicted octanol–water partition coefficient (Wildman–Crippen LogP) is 4.68. The number of nitrogens with zero attached hydrogens (tertiary/aromatic N) is 2. The van der Waals surface area contributed by atoms with Crippen LogP contribution in [0.3, 0.4) is 0 Å². The van der Waals surface area contributed by atoms with E-state index >= 15 is 0 Å². The summed E-state index contributed by atoms with van der Waals surface area (Å²) in [5.41, 5.74) is 2.74. The third-order valence-electron chi connectivity index (χ3n) is 3.15. The molecule has 0 saturated heterocycles. The number of hydrogen-bond acceptors (Lipinski definition) is 4. The zero-order chi connectivity index (χ0) is 15.5. The third-order valence-corrected chi connectivity index (χ3v) is 4.27. The van der Waals surface area contributed by atoms with Crippen molar-refractivity contribution in [1.82, 2.24) is 4.98 Å². The van der Waals surface area contributed by atoms with E-state index < -0.39 is 0 Å². The molecule has 0 spiro atoms. The summed E-state index contributed by atoms with van der Waals surface area (Å²) in [6.45, 7) is 0. The quantitative estimate of drug-likeness (QED) is 0.686. The normalized spacial score (nSPS) is 10.1. The van der Waals surface area contributed by atoms with Gasteiger partial charge in [0.2, 0.25) is 0 Å². The molecule has 22 heavy (non-hydrogen) atoms. The van der Waals surface area contributed by atoms with E-state index in [1.54, 1.807) is 24.4 Å². The lowest BCUT2D eigenvalue weighted by Crippen LogP contribution is -1.89. The maximum absolute atomic E-state index is 9.12. The third kappa shape index (κ3) is 2.60. The standard InChI is InChI=1S/C16H9ClN4S/c17-13-4-5-14(16-15(13)11(8-19)9-20-16)21-22-12-3-1-2-10(6-12)7-18/h1-6,9,20-21H. The minimum absolute atomic E-state index is 0.514. The van der Waals surface area contributed by atoms with Crippen molar-refractivity contribution in [2.45, 2.75) is 4.90 Å². The number of anilines is 1. The first kappa shape index (κ1) is 14.3. The molecule has 0 aliphatic rings. The Kier molecular flexibility index (Phi) is 3.93. The van der Waals surface area contributed by atoms with Crippen LogP contribution in [0.25, 0.3) is 10.9 Å². The van der Waals surface area contributed by atoms with Crippen molar-refractivity contribution in [2.24, 2.45) is 0 Å². The zero-order valence-electron chi connectivity index (χ0n) is 11.2. The van der Waals surface area contributed by atoms with Gasteiger partial charge in [-0.3, -0.25) is 0 Å². The highest BCUT2D eigenvalue weighted by Gasteiger charge is 2.11. The molecule has 1 heterocycles. The Morgan fingerprint density at radius 3 is 2.77 bits per heavy atom. The number of fused-ring (bicyclic) bond motifs is 1. The van der Waals surface area contributed by atoms with E-state index in [0.29, 0.717) is 21.5 Å². The van der Waals surface area contributed by atoms with E-state index in [9.17, 15) is 0 Å². The lowest BCUT2D eigenvalue weighted by Gasteiger charge is -2.08. The predicted molar refractivity (Wildman–Crippen MR) is 88.7 cm³/mol. The second-order valence-corrected chi connectivity index (χ2v) is 5.79. The fourth-order valence-corrected chi connectivity index (χ4v) is 3.11. The van der Waals surface area contributed by atoms with Crippen LogP contribution in [0.5, 0.6) is 0 Å². The molecule has 0 unspecified atom stereocenters. The molecule has 0 fully saturated rings. The number of hydrogen-bond donors (Lipinski definition) is 2. The summed E-state index contributed by atoms with van der Waals surface area (Å²) in [6, 6.07) is 15.2. The van der Waals surface area contributed by atoms with Crippen LogP contribution in [0.2, 0.25) is 5.02 Å². The molecular weight excluding hydrogens is 316 g/mol. The van der Waals surface area contributed by atoms with Gasteiger partial charge in [-0.05, 0) is 42.3 Å². The average Bonchev–Trinajstić information content (AvgIpc) is 2.99. The topological polar surface area (TPSA) is 75.4 Å². The summed E-state index contributed by atoms with van der Waals surface area (Å²) >= 11 is 7.56. The van der Waals surface area contributed by atoms with E-state index in [2.05, 4.69) is 21.8 Å². The van der Waals surface area contributed by atoms with Gasteiger partial charge in [0.1, 0.15) is 6.07 Å². The van der Waals surface area contributed by atoms with Gasteiger partial charge in [0.05, 0.1) is 33.4 Å². The summed E-state index contributed by atoms with van der Waals surface area (Å²) in [6.07, 6.45) is 1.64. The number of benzene rings is 2. The summed E-state index contributed by atoms with van der Waals surface area (Å²) in [7, 11) is 0. The van der Waals surface area contributed by atoms with E-state index in [1.165, 1.54) is 11.9 Å². The number of rotatable bonds is 3. The van der Waals surface area contributed by atoms with E-state index in [0.717, 1.165) is 16.1 Å². The van der Waals surface area contributed by atoms with Crippen molar-refractivity contribution in [2.75, 3.05) is 4.72 Å². The SMILES string of the molecule is N#Cc1cccc(SNc2ccc(Cl)c3c(C#N)c[nH]c23)c1. The number of aromatic nitrogens is 1. The minimum Gasteiger partial charge on any atom is -0.358 e. The fourth-order valence-electron chi connectivity index (χ4n) is 2.12. The van der Waals surface area contributed by atoms with Crippen LogP contribution in [0, 0.1) is 22.7 Å². The summed E-state index contributed by atoms with van der Waals surface area (Å²) < 4.78 is 3.23. The van der Waals surface area contributed by atoms with Gasteiger partial charge in [0.15, 0.2) is 0 Å². The molecule has 1 aromatic heterocycles. The highest BCUT2D eigenvalue weighted by molar-refractivity contribution is 8.00. The molecule has 2 aromatic carbocycles. The van der Waals surface area contributed by atoms with Gasteiger partial charge in [-0.1, -0.05) is 17.7 Å². The molecule has 2 N–H and O–H groups in total. The largest absolute Gasteiger partial charge is 0.358 e. The Balaban J connectivity index is 1.92. The van der Waals surface area contributed by atoms with E-state index in [4.69, 9.17) is 22.1 Å². The van der Waals surface area contributed by atoms with Crippen LogP contribution in [0.4, 0.5) is 5.69 Å². The molecule has 0 amide bonds. The van der Waals surface area contributed by atoms with Gasteiger partial charge >= 0.3 is 0 Å². The Labute approximate surface area is 136 Å². The molecule has 0 aliphatic carbocycles. The summed E-state index contributed by atoms with van der Waals surface area (Å²) in [5, 5.41) is 19.3. The lowest BCUT2D eigenvalue weighted by atomic mass is 10.1. The lowest BCUT2D eigenvalue weighted by molar-refractivity contribution is 1.40. The van der Waals surface area contributed by atoms with E-state index in [1.807, 2.05) is 18.2 Å².